The standard InChI is InChI=1S/C11H19O2/c1-3-5-7-8-10-13-11(12)9-6-4-2/h4,6,9H,3,5,7-8,10H2,1-2H3. The maximum absolute atomic E-state index is 10.9. The van der Waals surface area contributed by atoms with Gasteiger partial charge in [0.2, 0.25) is 0 Å². The summed E-state index contributed by atoms with van der Waals surface area (Å²) in [6.07, 6.45) is 9.48. The molecule has 0 N–H and O–H groups in total. The number of carbonyl (C=O) groups is 1. The Balaban J connectivity index is 3.22. The van der Waals surface area contributed by atoms with E-state index in [2.05, 4.69) is 6.92 Å². The van der Waals surface area contributed by atoms with Crippen molar-refractivity contribution in [3.63, 3.8) is 0 Å². The summed E-state index contributed by atoms with van der Waals surface area (Å²) in [5.74, 6) is -0.241. The molecular weight excluding hydrogens is 164 g/mol. The Morgan fingerprint density at radius 1 is 1.31 bits per heavy atom. The molecule has 0 atom stereocenters. The Labute approximate surface area is 81.0 Å². The van der Waals surface area contributed by atoms with Crippen molar-refractivity contribution in [3.8, 4) is 0 Å². The summed E-state index contributed by atoms with van der Waals surface area (Å²) >= 11 is 0. The highest BCUT2D eigenvalue weighted by molar-refractivity contribution is 5.82. The van der Waals surface area contributed by atoms with Crippen LogP contribution in [0.4, 0.5) is 0 Å². The van der Waals surface area contributed by atoms with E-state index in [0.29, 0.717) is 6.61 Å². The van der Waals surface area contributed by atoms with E-state index in [0.717, 1.165) is 12.8 Å². The molecule has 0 rings (SSSR count). The third-order valence-corrected chi connectivity index (χ3v) is 1.67. The highest BCUT2D eigenvalue weighted by Gasteiger charge is 1.94. The average Bonchev–Trinajstić information content (AvgIpc) is 2.14. The zero-order valence-corrected chi connectivity index (χ0v) is 8.58. The molecule has 75 valence electrons. The predicted octanol–water partition coefficient (Wildman–Crippen LogP) is 2.89. The second-order valence-corrected chi connectivity index (χ2v) is 2.92. The molecule has 0 aromatic rings. The van der Waals surface area contributed by atoms with E-state index in [1.807, 2.05) is 6.92 Å². The summed E-state index contributed by atoms with van der Waals surface area (Å²) in [6, 6.07) is 0. The summed E-state index contributed by atoms with van der Waals surface area (Å²) in [5, 5.41) is 0. The number of allylic oxidation sites excluding steroid dienone is 1. The molecule has 0 aliphatic heterocycles. The first-order valence-corrected chi connectivity index (χ1v) is 4.94. The Bertz CT molecular complexity index is 150. The number of unbranched alkanes of at least 4 members (excludes halogenated alkanes) is 3. The molecule has 0 aliphatic carbocycles. The van der Waals surface area contributed by atoms with Crippen LogP contribution in [0.3, 0.4) is 0 Å². The van der Waals surface area contributed by atoms with E-state index in [4.69, 9.17) is 4.74 Å². The quantitative estimate of drug-likeness (QED) is 0.344. The van der Waals surface area contributed by atoms with Crippen LogP contribution in [-0.2, 0) is 9.53 Å². The van der Waals surface area contributed by atoms with Crippen LogP contribution in [0.1, 0.15) is 39.5 Å². The van der Waals surface area contributed by atoms with Gasteiger partial charge in [-0.25, -0.2) is 4.79 Å². The molecular formula is C11H19O2. The van der Waals surface area contributed by atoms with Gasteiger partial charge >= 0.3 is 5.97 Å². The van der Waals surface area contributed by atoms with Crippen molar-refractivity contribution in [2.45, 2.75) is 39.5 Å². The Hall–Kier alpha value is -0.790. The number of esters is 1. The largest absolute Gasteiger partial charge is 0.463 e. The van der Waals surface area contributed by atoms with E-state index >= 15 is 0 Å². The summed E-state index contributed by atoms with van der Waals surface area (Å²) in [7, 11) is 0. The fourth-order valence-corrected chi connectivity index (χ4v) is 0.925. The molecule has 0 fully saturated rings. The van der Waals surface area contributed by atoms with Gasteiger partial charge in [0.15, 0.2) is 0 Å². The lowest BCUT2D eigenvalue weighted by molar-refractivity contribution is -0.137. The van der Waals surface area contributed by atoms with Crippen LogP contribution in [0, 0.1) is 6.42 Å². The van der Waals surface area contributed by atoms with Crippen molar-refractivity contribution in [2.24, 2.45) is 0 Å². The molecule has 0 bridgehead atoms. The third kappa shape index (κ3) is 9.12. The number of hydrogen-bond acceptors (Lipinski definition) is 2. The fraction of sp³-hybridized carbons (Fsp3) is 0.636. The second-order valence-electron chi connectivity index (χ2n) is 2.92. The van der Waals surface area contributed by atoms with Gasteiger partial charge < -0.3 is 4.74 Å². The monoisotopic (exact) mass is 183 g/mol. The van der Waals surface area contributed by atoms with Gasteiger partial charge in [0.25, 0.3) is 0 Å². The lowest BCUT2D eigenvalue weighted by Gasteiger charge is -2.00. The Morgan fingerprint density at radius 3 is 2.69 bits per heavy atom. The summed E-state index contributed by atoms with van der Waals surface area (Å²) in [5.41, 5.74) is 0. The van der Waals surface area contributed by atoms with E-state index < -0.39 is 0 Å². The first kappa shape index (κ1) is 12.2. The van der Waals surface area contributed by atoms with E-state index in [-0.39, 0.29) is 5.97 Å². The van der Waals surface area contributed by atoms with Crippen LogP contribution in [0.25, 0.3) is 0 Å². The molecule has 0 amide bonds. The molecule has 1 radical (unpaired) electrons. The van der Waals surface area contributed by atoms with Gasteiger partial charge in [0.05, 0.1) is 6.61 Å². The summed E-state index contributed by atoms with van der Waals surface area (Å²) < 4.78 is 4.94. The van der Waals surface area contributed by atoms with Gasteiger partial charge in [-0.05, 0) is 12.8 Å². The van der Waals surface area contributed by atoms with Crippen molar-refractivity contribution in [1.82, 2.24) is 0 Å². The minimum Gasteiger partial charge on any atom is -0.463 e. The van der Waals surface area contributed by atoms with E-state index in [1.165, 1.54) is 18.9 Å². The van der Waals surface area contributed by atoms with Gasteiger partial charge in [-0.2, -0.15) is 0 Å². The Kier molecular flexibility index (Phi) is 8.73. The third-order valence-electron chi connectivity index (χ3n) is 1.67. The van der Waals surface area contributed by atoms with Crippen molar-refractivity contribution < 1.29 is 9.53 Å². The molecule has 2 nitrogen and oxygen atoms in total. The molecule has 0 saturated heterocycles. The Morgan fingerprint density at radius 2 is 2.08 bits per heavy atom. The minimum atomic E-state index is -0.241. The van der Waals surface area contributed by atoms with Crippen LogP contribution in [0.2, 0.25) is 0 Å². The van der Waals surface area contributed by atoms with Gasteiger partial charge in [0.1, 0.15) is 0 Å². The lowest BCUT2D eigenvalue weighted by Crippen LogP contribution is -2.02. The maximum atomic E-state index is 10.9. The predicted molar refractivity (Wildman–Crippen MR) is 54.2 cm³/mol. The number of hydrogen-bond donors (Lipinski definition) is 0. The molecule has 0 unspecified atom stereocenters. The first-order valence-electron chi connectivity index (χ1n) is 4.94. The van der Waals surface area contributed by atoms with Crippen LogP contribution >= 0.6 is 0 Å². The average molecular weight is 183 g/mol. The van der Waals surface area contributed by atoms with Gasteiger partial charge in [-0.1, -0.05) is 39.2 Å². The normalized spacial score (nSPS) is 10.6. The van der Waals surface area contributed by atoms with Crippen LogP contribution < -0.4 is 0 Å². The van der Waals surface area contributed by atoms with E-state index in [1.54, 1.807) is 12.5 Å². The number of carbonyl (C=O) groups excluding carboxylic acids is 1. The van der Waals surface area contributed by atoms with E-state index in [9.17, 15) is 4.79 Å². The van der Waals surface area contributed by atoms with Crippen molar-refractivity contribution in [1.29, 1.82) is 0 Å². The lowest BCUT2D eigenvalue weighted by atomic mass is 10.2. The van der Waals surface area contributed by atoms with Crippen molar-refractivity contribution in [2.75, 3.05) is 6.61 Å². The zero-order chi connectivity index (χ0) is 9.94. The molecule has 0 saturated carbocycles. The zero-order valence-electron chi connectivity index (χ0n) is 8.58. The summed E-state index contributed by atoms with van der Waals surface area (Å²) in [6.45, 7) is 4.57. The highest BCUT2D eigenvalue weighted by atomic mass is 16.5. The molecule has 2 heteroatoms. The molecule has 0 aliphatic rings. The maximum Gasteiger partial charge on any atom is 0.330 e. The molecule has 13 heavy (non-hydrogen) atoms. The topological polar surface area (TPSA) is 26.3 Å². The van der Waals surface area contributed by atoms with Crippen molar-refractivity contribution in [3.05, 3.63) is 18.6 Å². The molecule has 0 aromatic heterocycles. The summed E-state index contributed by atoms with van der Waals surface area (Å²) in [4.78, 5) is 10.9. The second kappa shape index (κ2) is 9.30. The van der Waals surface area contributed by atoms with Crippen LogP contribution in [0.15, 0.2) is 12.2 Å². The van der Waals surface area contributed by atoms with Crippen molar-refractivity contribution >= 4 is 5.97 Å². The number of ether oxygens (including phenoxy) is 1. The van der Waals surface area contributed by atoms with Gasteiger partial charge in [-0.3, -0.25) is 0 Å². The SMILES string of the molecule is C[CH]C=CC(=O)OCCCCCC. The van der Waals surface area contributed by atoms with Gasteiger partial charge in [-0.15, -0.1) is 0 Å². The molecule has 0 heterocycles. The first-order chi connectivity index (χ1) is 6.31. The van der Waals surface area contributed by atoms with Crippen LogP contribution in [-0.4, -0.2) is 12.6 Å². The van der Waals surface area contributed by atoms with Crippen LogP contribution in [0.5, 0.6) is 0 Å². The van der Waals surface area contributed by atoms with Gasteiger partial charge in [0, 0.05) is 6.08 Å². The highest BCUT2D eigenvalue weighted by Crippen LogP contribution is 1.99. The smallest absolute Gasteiger partial charge is 0.330 e. The molecule has 0 spiro atoms. The minimum absolute atomic E-state index is 0.241. The molecule has 0 aromatic carbocycles. The fourth-order valence-electron chi connectivity index (χ4n) is 0.925. The number of rotatable bonds is 7.